The fraction of sp³-hybridized carbons (Fsp3) is 0.632. The van der Waals surface area contributed by atoms with Crippen molar-refractivity contribution >= 4 is 30.1 Å². The molecule has 1 aliphatic carbocycles. The fourth-order valence-electron chi connectivity index (χ4n) is 3.45. The summed E-state index contributed by atoms with van der Waals surface area (Å²) in [7, 11) is 0. The van der Waals surface area contributed by atoms with Crippen LogP contribution in [-0.2, 0) is 16.0 Å². The quantitative estimate of drug-likeness (QED) is 0.709. The van der Waals surface area contributed by atoms with Gasteiger partial charge in [0.2, 0.25) is 5.91 Å². The van der Waals surface area contributed by atoms with Crippen LogP contribution in [0.5, 0.6) is 0 Å². The summed E-state index contributed by atoms with van der Waals surface area (Å²) >= 11 is 1.92. The second kappa shape index (κ2) is 11.1. The number of fused-ring (bicyclic) bond motifs is 1. The van der Waals surface area contributed by atoms with Gasteiger partial charge >= 0.3 is 0 Å². The van der Waals surface area contributed by atoms with Crippen LogP contribution < -0.4 is 10.6 Å². The van der Waals surface area contributed by atoms with E-state index in [-0.39, 0.29) is 24.4 Å². The minimum Gasteiger partial charge on any atom is -0.373 e. The summed E-state index contributed by atoms with van der Waals surface area (Å²) in [6, 6.07) is 8.94. The van der Waals surface area contributed by atoms with Gasteiger partial charge in [-0.05, 0) is 36.8 Å². The van der Waals surface area contributed by atoms with Crippen molar-refractivity contribution < 1.29 is 9.53 Å². The Morgan fingerprint density at radius 2 is 2.24 bits per heavy atom. The molecule has 0 spiro atoms. The number of rotatable bonds is 7. The SMILES string of the molecule is Cl.O=C(CC1CSCCN1)NCCCOC1CCCc2ccccc21. The molecule has 1 aliphatic heterocycles. The van der Waals surface area contributed by atoms with Gasteiger partial charge in [0, 0.05) is 43.7 Å². The molecular weight excluding hydrogens is 356 g/mol. The number of ether oxygens (including phenoxy) is 1. The molecular formula is C19H29ClN2O2S. The van der Waals surface area contributed by atoms with Gasteiger partial charge in [0.15, 0.2) is 0 Å². The first-order valence-corrected chi connectivity index (χ1v) is 10.3. The highest BCUT2D eigenvalue weighted by Gasteiger charge is 2.20. The Kier molecular flexibility index (Phi) is 9.10. The number of hydrogen-bond acceptors (Lipinski definition) is 4. The van der Waals surface area contributed by atoms with Gasteiger partial charge in [0.1, 0.15) is 0 Å². The Morgan fingerprint density at radius 3 is 3.08 bits per heavy atom. The van der Waals surface area contributed by atoms with E-state index in [1.54, 1.807) is 0 Å². The molecule has 3 rings (SSSR count). The summed E-state index contributed by atoms with van der Waals surface area (Å²) in [6.45, 7) is 2.42. The predicted molar refractivity (Wildman–Crippen MR) is 107 cm³/mol. The molecule has 25 heavy (non-hydrogen) atoms. The Hall–Kier alpha value is -0.750. The minimum absolute atomic E-state index is 0. The van der Waals surface area contributed by atoms with Crippen LogP contribution in [0, 0.1) is 0 Å². The Labute approximate surface area is 161 Å². The largest absolute Gasteiger partial charge is 0.373 e. The minimum atomic E-state index is 0. The monoisotopic (exact) mass is 384 g/mol. The molecule has 2 aliphatic rings. The zero-order valence-electron chi connectivity index (χ0n) is 14.7. The Morgan fingerprint density at radius 1 is 1.36 bits per heavy atom. The summed E-state index contributed by atoms with van der Waals surface area (Å²) < 4.78 is 6.07. The van der Waals surface area contributed by atoms with Crippen LogP contribution in [0.3, 0.4) is 0 Å². The molecule has 1 amide bonds. The zero-order chi connectivity index (χ0) is 16.6. The summed E-state index contributed by atoms with van der Waals surface area (Å²) in [5.74, 6) is 2.34. The van der Waals surface area contributed by atoms with Gasteiger partial charge in [-0.1, -0.05) is 24.3 Å². The van der Waals surface area contributed by atoms with E-state index >= 15 is 0 Å². The van der Waals surface area contributed by atoms with E-state index in [9.17, 15) is 4.79 Å². The van der Waals surface area contributed by atoms with Crippen molar-refractivity contribution in [3.8, 4) is 0 Å². The number of amides is 1. The lowest BCUT2D eigenvalue weighted by molar-refractivity contribution is -0.121. The molecule has 6 heteroatoms. The van der Waals surface area contributed by atoms with E-state index in [0.29, 0.717) is 25.6 Å². The third-order valence-corrected chi connectivity index (χ3v) is 5.84. The number of nitrogens with one attached hydrogen (secondary N) is 2. The van der Waals surface area contributed by atoms with Crippen LogP contribution in [0.4, 0.5) is 0 Å². The van der Waals surface area contributed by atoms with Crippen LogP contribution in [0.15, 0.2) is 24.3 Å². The molecule has 0 bridgehead atoms. The molecule has 1 aromatic rings. The lowest BCUT2D eigenvalue weighted by Crippen LogP contribution is -2.41. The number of benzene rings is 1. The van der Waals surface area contributed by atoms with E-state index < -0.39 is 0 Å². The number of carbonyl (C=O) groups is 1. The summed E-state index contributed by atoms with van der Waals surface area (Å²) in [5.41, 5.74) is 2.79. The van der Waals surface area contributed by atoms with Crippen molar-refractivity contribution in [2.24, 2.45) is 0 Å². The highest BCUT2D eigenvalue weighted by atomic mass is 35.5. The molecule has 4 nitrogen and oxygen atoms in total. The number of aryl methyl sites for hydroxylation is 1. The number of carbonyl (C=O) groups excluding carboxylic acids is 1. The van der Waals surface area contributed by atoms with E-state index in [0.717, 1.165) is 30.9 Å². The van der Waals surface area contributed by atoms with Crippen molar-refractivity contribution in [1.82, 2.24) is 10.6 Å². The van der Waals surface area contributed by atoms with Gasteiger partial charge in [0.25, 0.3) is 0 Å². The Balaban J connectivity index is 0.00000225. The molecule has 2 N–H and O–H groups in total. The molecule has 1 saturated heterocycles. The van der Waals surface area contributed by atoms with E-state index in [2.05, 4.69) is 34.9 Å². The molecule has 0 aromatic heterocycles. The molecule has 0 radical (unpaired) electrons. The van der Waals surface area contributed by atoms with Gasteiger partial charge in [-0.15, -0.1) is 12.4 Å². The first kappa shape index (κ1) is 20.6. The lowest BCUT2D eigenvalue weighted by atomic mass is 9.89. The summed E-state index contributed by atoms with van der Waals surface area (Å²) in [6.07, 6.45) is 5.16. The first-order valence-electron chi connectivity index (χ1n) is 9.10. The van der Waals surface area contributed by atoms with Gasteiger partial charge in [-0.2, -0.15) is 11.8 Å². The normalized spacial score (nSPS) is 22.6. The maximum atomic E-state index is 11.9. The fourth-order valence-corrected chi connectivity index (χ4v) is 4.40. The maximum Gasteiger partial charge on any atom is 0.221 e. The van der Waals surface area contributed by atoms with E-state index in [1.807, 2.05) is 11.8 Å². The standard InChI is InChI=1S/C19H28N2O2S.ClH/c22-19(13-16-14-24-12-10-20-16)21-9-4-11-23-18-8-3-6-15-5-1-2-7-17(15)18;/h1-2,5,7,16,18,20H,3-4,6,8-14H2,(H,21,22);1H. The van der Waals surface area contributed by atoms with Crippen molar-refractivity contribution in [2.75, 3.05) is 31.2 Å². The van der Waals surface area contributed by atoms with Crippen molar-refractivity contribution in [1.29, 1.82) is 0 Å². The number of hydrogen-bond donors (Lipinski definition) is 2. The highest BCUT2D eigenvalue weighted by Crippen LogP contribution is 2.32. The summed E-state index contributed by atoms with van der Waals surface area (Å²) in [5, 5.41) is 6.42. The third-order valence-electron chi connectivity index (χ3n) is 4.71. The van der Waals surface area contributed by atoms with Gasteiger partial charge in [0.05, 0.1) is 6.10 Å². The van der Waals surface area contributed by atoms with Crippen LogP contribution >= 0.6 is 24.2 Å². The van der Waals surface area contributed by atoms with Crippen LogP contribution in [0.1, 0.15) is 42.9 Å². The highest BCUT2D eigenvalue weighted by molar-refractivity contribution is 7.99. The van der Waals surface area contributed by atoms with Gasteiger partial charge < -0.3 is 15.4 Å². The smallest absolute Gasteiger partial charge is 0.221 e. The van der Waals surface area contributed by atoms with Gasteiger partial charge in [-0.3, -0.25) is 4.79 Å². The second-order valence-electron chi connectivity index (χ2n) is 6.58. The summed E-state index contributed by atoms with van der Waals surface area (Å²) in [4.78, 5) is 11.9. The van der Waals surface area contributed by atoms with Crippen molar-refractivity contribution in [2.45, 2.75) is 44.2 Å². The number of thioether (sulfide) groups is 1. The van der Waals surface area contributed by atoms with Crippen LogP contribution in [-0.4, -0.2) is 43.2 Å². The molecule has 1 aromatic carbocycles. The average molecular weight is 385 g/mol. The molecule has 0 saturated carbocycles. The second-order valence-corrected chi connectivity index (χ2v) is 7.73. The van der Waals surface area contributed by atoms with Crippen LogP contribution in [0.2, 0.25) is 0 Å². The first-order chi connectivity index (χ1) is 11.8. The topological polar surface area (TPSA) is 50.4 Å². The van der Waals surface area contributed by atoms with Crippen molar-refractivity contribution in [3.63, 3.8) is 0 Å². The van der Waals surface area contributed by atoms with E-state index in [1.165, 1.54) is 24.0 Å². The third kappa shape index (κ3) is 6.48. The molecule has 2 atom stereocenters. The Bertz CT molecular complexity index is 538. The molecule has 140 valence electrons. The average Bonchev–Trinajstić information content (AvgIpc) is 2.62. The molecule has 1 heterocycles. The van der Waals surface area contributed by atoms with Crippen LogP contribution in [0.25, 0.3) is 0 Å². The van der Waals surface area contributed by atoms with Gasteiger partial charge in [-0.25, -0.2) is 0 Å². The van der Waals surface area contributed by atoms with E-state index in [4.69, 9.17) is 4.74 Å². The number of halogens is 1. The molecule has 1 fully saturated rings. The maximum absolute atomic E-state index is 11.9. The molecule has 2 unspecified atom stereocenters. The lowest BCUT2D eigenvalue weighted by Gasteiger charge is -2.25. The van der Waals surface area contributed by atoms with Crippen molar-refractivity contribution in [3.05, 3.63) is 35.4 Å². The zero-order valence-corrected chi connectivity index (χ0v) is 16.3. The predicted octanol–water partition coefficient (Wildman–Crippen LogP) is 3.10.